The van der Waals surface area contributed by atoms with Gasteiger partial charge in [0.25, 0.3) is 0 Å². The molecule has 7 nitrogen and oxygen atoms in total. The number of carbonyl (C=O) groups is 2. The van der Waals surface area contributed by atoms with Gasteiger partial charge >= 0.3 is 5.97 Å². The lowest BCUT2D eigenvalue weighted by Gasteiger charge is -2.31. The molecule has 3 atom stereocenters. The highest BCUT2D eigenvalue weighted by atomic mass is 35.5. The Morgan fingerprint density at radius 1 is 1.33 bits per heavy atom. The van der Waals surface area contributed by atoms with E-state index in [1.54, 1.807) is 4.68 Å². The Kier molecular flexibility index (Phi) is 8.10. The molecular formula is C19H31ClN4O3. The molecule has 1 aromatic heterocycles. The van der Waals surface area contributed by atoms with Gasteiger partial charge in [0.1, 0.15) is 0 Å². The van der Waals surface area contributed by atoms with E-state index in [0.29, 0.717) is 12.5 Å². The molecular weight excluding hydrogens is 368 g/mol. The van der Waals surface area contributed by atoms with Gasteiger partial charge in [-0.05, 0) is 24.3 Å². The van der Waals surface area contributed by atoms with Crippen molar-refractivity contribution in [1.82, 2.24) is 20.4 Å². The minimum Gasteiger partial charge on any atom is -0.469 e. The van der Waals surface area contributed by atoms with Gasteiger partial charge in [0, 0.05) is 38.3 Å². The average Bonchev–Trinajstić information content (AvgIpc) is 3.30. The van der Waals surface area contributed by atoms with Crippen molar-refractivity contribution in [3.63, 3.8) is 0 Å². The monoisotopic (exact) mass is 398 g/mol. The number of aromatic nitrogens is 2. The van der Waals surface area contributed by atoms with E-state index in [-0.39, 0.29) is 48.6 Å². The number of methoxy groups -OCH3 is 1. The van der Waals surface area contributed by atoms with Gasteiger partial charge in [0.15, 0.2) is 0 Å². The number of ether oxygens (including phenoxy) is 1. The number of aryl methyl sites for hydroxylation is 1. The number of rotatable bonds is 6. The minimum absolute atomic E-state index is 0. The number of esters is 1. The Balaban J connectivity index is 0.00000261. The van der Waals surface area contributed by atoms with Gasteiger partial charge in [-0.3, -0.25) is 14.3 Å². The van der Waals surface area contributed by atoms with Crippen LogP contribution >= 0.6 is 12.4 Å². The molecule has 2 heterocycles. The zero-order chi connectivity index (χ0) is 18.5. The molecule has 0 bridgehead atoms. The largest absolute Gasteiger partial charge is 0.469 e. The number of halogens is 1. The average molecular weight is 399 g/mol. The van der Waals surface area contributed by atoms with Crippen molar-refractivity contribution in [2.45, 2.75) is 50.5 Å². The van der Waals surface area contributed by atoms with Crippen LogP contribution < -0.4 is 10.6 Å². The fourth-order valence-electron chi connectivity index (χ4n) is 4.36. The normalized spacial score (nSPS) is 24.1. The lowest BCUT2D eigenvalue weighted by Crippen LogP contribution is -2.46. The van der Waals surface area contributed by atoms with Crippen LogP contribution in [0.2, 0.25) is 0 Å². The number of hydrogen-bond donors (Lipinski definition) is 2. The van der Waals surface area contributed by atoms with Crippen molar-refractivity contribution in [2.24, 2.45) is 18.9 Å². The summed E-state index contributed by atoms with van der Waals surface area (Å²) in [4.78, 5) is 24.9. The second-order valence-corrected chi connectivity index (χ2v) is 7.61. The molecule has 2 aliphatic rings. The minimum atomic E-state index is -0.255. The number of hydrogen-bond acceptors (Lipinski definition) is 5. The third-order valence-electron chi connectivity index (χ3n) is 5.86. The highest BCUT2D eigenvalue weighted by Crippen LogP contribution is 2.31. The maximum atomic E-state index is 13.0. The number of nitrogens with zero attached hydrogens (tertiary/aromatic N) is 2. The predicted octanol–water partition coefficient (Wildman–Crippen LogP) is 1.77. The summed E-state index contributed by atoms with van der Waals surface area (Å²) in [5.74, 6) is 0.118. The van der Waals surface area contributed by atoms with E-state index >= 15 is 0 Å². The van der Waals surface area contributed by atoms with E-state index in [1.165, 1.54) is 26.4 Å². The predicted molar refractivity (Wildman–Crippen MR) is 105 cm³/mol. The molecule has 1 saturated carbocycles. The summed E-state index contributed by atoms with van der Waals surface area (Å²) >= 11 is 0. The molecule has 2 N–H and O–H groups in total. The van der Waals surface area contributed by atoms with E-state index in [1.807, 2.05) is 19.4 Å². The van der Waals surface area contributed by atoms with Gasteiger partial charge in [-0.15, -0.1) is 12.4 Å². The standard InChI is InChI=1S/C19H30N4O3.ClH/c1-23-12-14(9-21-23)15-10-20-11-16(15)19(25)22-17(8-18(24)26-2)13-6-4-3-5-7-13;/h9,12-13,15-17,20H,3-8,10-11H2,1-2H3,(H,22,25);1H/t15-,16+,17?;/m1./s1. The number of nitrogens with one attached hydrogen (secondary N) is 2. The first kappa shape index (κ1) is 21.7. The van der Waals surface area contributed by atoms with Crippen molar-refractivity contribution >= 4 is 24.3 Å². The van der Waals surface area contributed by atoms with E-state index in [9.17, 15) is 9.59 Å². The summed E-state index contributed by atoms with van der Waals surface area (Å²) in [6.45, 7) is 1.43. The first-order chi connectivity index (χ1) is 12.6. The summed E-state index contributed by atoms with van der Waals surface area (Å²) in [5.41, 5.74) is 1.08. The van der Waals surface area contributed by atoms with Crippen LogP contribution in [-0.4, -0.2) is 47.9 Å². The van der Waals surface area contributed by atoms with Crippen LogP contribution in [0.15, 0.2) is 12.4 Å². The molecule has 0 radical (unpaired) electrons. The smallest absolute Gasteiger partial charge is 0.307 e. The summed E-state index contributed by atoms with van der Waals surface area (Å²) in [6, 6.07) is -0.134. The molecule has 1 saturated heterocycles. The van der Waals surface area contributed by atoms with Crippen LogP contribution in [-0.2, 0) is 21.4 Å². The molecule has 1 amide bonds. The van der Waals surface area contributed by atoms with Crippen LogP contribution in [0.3, 0.4) is 0 Å². The first-order valence-electron chi connectivity index (χ1n) is 9.65. The Morgan fingerprint density at radius 2 is 2.07 bits per heavy atom. The SMILES string of the molecule is COC(=O)CC(NC(=O)[C@H]1CNC[C@@H]1c1cnn(C)c1)C1CCCCC1.Cl. The Hall–Kier alpha value is -1.60. The Bertz CT molecular complexity index is 630. The van der Waals surface area contributed by atoms with Gasteiger partial charge in [0.2, 0.25) is 5.91 Å². The fraction of sp³-hybridized carbons (Fsp3) is 0.737. The van der Waals surface area contributed by atoms with Crippen LogP contribution in [0, 0.1) is 11.8 Å². The van der Waals surface area contributed by atoms with Crippen LogP contribution in [0.1, 0.15) is 50.0 Å². The molecule has 1 unspecified atom stereocenters. The van der Waals surface area contributed by atoms with Gasteiger partial charge in [0.05, 0.1) is 25.6 Å². The van der Waals surface area contributed by atoms with Crippen molar-refractivity contribution in [2.75, 3.05) is 20.2 Å². The van der Waals surface area contributed by atoms with Crippen LogP contribution in [0.4, 0.5) is 0 Å². The molecule has 0 spiro atoms. The summed E-state index contributed by atoms with van der Waals surface area (Å²) < 4.78 is 6.63. The quantitative estimate of drug-likeness (QED) is 0.713. The molecule has 1 aliphatic carbocycles. The van der Waals surface area contributed by atoms with Gasteiger partial charge < -0.3 is 15.4 Å². The summed E-state index contributed by atoms with van der Waals surface area (Å²) in [5, 5.41) is 10.8. The van der Waals surface area contributed by atoms with E-state index in [2.05, 4.69) is 15.7 Å². The Labute approximate surface area is 167 Å². The van der Waals surface area contributed by atoms with Gasteiger partial charge in [-0.1, -0.05) is 19.3 Å². The Morgan fingerprint density at radius 3 is 2.70 bits per heavy atom. The lowest BCUT2D eigenvalue weighted by atomic mass is 9.82. The molecule has 3 rings (SSSR count). The van der Waals surface area contributed by atoms with Crippen molar-refractivity contribution in [3.8, 4) is 0 Å². The van der Waals surface area contributed by atoms with Crippen LogP contribution in [0.25, 0.3) is 0 Å². The van der Waals surface area contributed by atoms with E-state index in [4.69, 9.17) is 4.74 Å². The highest BCUT2D eigenvalue weighted by Gasteiger charge is 2.37. The molecule has 2 fully saturated rings. The highest BCUT2D eigenvalue weighted by molar-refractivity contribution is 5.85. The number of carbonyl (C=O) groups excluding carboxylic acids is 2. The zero-order valence-electron chi connectivity index (χ0n) is 16.1. The van der Waals surface area contributed by atoms with Crippen molar-refractivity contribution < 1.29 is 14.3 Å². The number of amides is 1. The maximum absolute atomic E-state index is 13.0. The van der Waals surface area contributed by atoms with E-state index < -0.39 is 0 Å². The molecule has 1 aromatic rings. The summed E-state index contributed by atoms with van der Waals surface area (Å²) in [7, 11) is 3.29. The molecule has 8 heteroatoms. The summed E-state index contributed by atoms with van der Waals surface area (Å²) in [6.07, 6.45) is 9.78. The second-order valence-electron chi connectivity index (χ2n) is 7.61. The van der Waals surface area contributed by atoms with Crippen molar-refractivity contribution in [1.29, 1.82) is 0 Å². The fourth-order valence-corrected chi connectivity index (χ4v) is 4.36. The third-order valence-corrected chi connectivity index (χ3v) is 5.86. The van der Waals surface area contributed by atoms with Crippen LogP contribution in [0.5, 0.6) is 0 Å². The molecule has 0 aromatic carbocycles. The first-order valence-corrected chi connectivity index (χ1v) is 9.65. The van der Waals surface area contributed by atoms with Gasteiger partial charge in [-0.25, -0.2) is 0 Å². The molecule has 152 valence electrons. The molecule has 1 aliphatic heterocycles. The molecule has 27 heavy (non-hydrogen) atoms. The lowest BCUT2D eigenvalue weighted by molar-refractivity contribution is -0.142. The maximum Gasteiger partial charge on any atom is 0.307 e. The third kappa shape index (κ3) is 5.45. The topological polar surface area (TPSA) is 85.2 Å². The zero-order valence-corrected chi connectivity index (χ0v) is 17.0. The van der Waals surface area contributed by atoms with E-state index in [0.717, 1.165) is 24.9 Å². The second kappa shape index (κ2) is 10.1. The van der Waals surface area contributed by atoms with Gasteiger partial charge in [-0.2, -0.15) is 5.10 Å². The van der Waals surface area contributed by atoms with Crippen molar-refractivity contribution in [3.05, 3.63) is 18.0 Å².